The van der Waals surface area contributed by atoms with Gasteiger partial charge in [-0.25, -0.2) is 0 Å². The van der Waals surface area contributed by atoms with Gasteiger partial charge in [-0.15, -0.1) is 0 Å². The van der Waals surface area contributed by atoms with Crippen molar-refractivity contribution in [2.24, 2.45) is 18.0 Å². The Balaban J connectivity index is 2.50. The summed E-state index contributed by atoms with van der Waals surface area (Å²) in [5.41, 5.74) is 1.19. The van der Waals surface area contributed by atoms with Crippen LogP contribution in [0.25, 0.3) is 0 Å². The summed E-state index contributed by atoms with van der Waals surface area (Å²) >= 11 is 0. The van der Waals surface area contributed by atoms with E-state index in [0.717, 1.165) is 19.0 Å². The summed E-state index contributed by atoms with van der Waals surface area (Å²) in [5.74, 6) is 1.65. The average Bonchev–Trinajstić information content (AvgIpc) is 2.80. The fourth-order valence-corrected chi connectivity index (χ4v) is 2.10. The fraction of sp³-hybridized carbons (Fsp3) is 0.714. The molecule has 1 aromatic heterocycles. The smallest absolute Gasteiger partial charge is 0.193 e. The quantitative estimate of drug-likeness (QED) is 0.631. The topological polar surface area (TPSA) is 45.5 Å². The van der Waals surface area contributed by atoms with Crippen molar-refractivity contribution in [3.8, 4) is 0 Å². The molecule has 0 amide bonds. The van der Waals surface area contributed by atoms with Crippen molar-refractivity contribution in [2.45, 2.75) is 33.2 Å². The van der Waals surface area contributed by atoms with Gasteiger partial charge in [-0.05, 0) is 5.92 Å². The number of aliphatic imine (C=N–C) groups is 1. The average molecular weight is 265 g/mol. The van der Waals surface area contributed by atoms with Crippen LogP contribution < -0.4 is 5.32 Å². The highest BCUT2D eigenvalue weighted by Gasteiger charge is 2.09. The largest absolute Gasteiger partial charge is 0.356 e. The summed E-state index contributed by atoms with van der Waals surface area (Å²) in [7, 11) is 5.81. The molecule has 108 valence electrons. The molecular formula is C14H27N5. The van der Waals surface area contributed by atoms with Gasteiger partial charge < -0.3 is 10.2 Å². The Morgan fingerprint density at radius 3 is 2.63 bits per heavy atom. The molecule has 1 heterocycles. The molecule has 0 saturated carbocycles. The summed E-state index contributed by atoms with van der Waals surface area (Å²) in [6.07, 6.45) is 6.33. The zero-order valence-electron chi connectivity index (χ0n) is 12.8. The van der Waals surface area contributed by atoms with E-state index in [1.807, 2.05) is 31.2 Å². The Labute approximate surface area is 116 Å². The van der Waals surface area contributed by atoms with E-state index in [4.69, 9.17) is 0 Å². The van der Waals surface area contributed by atoms with Crippen molar-refractivity contribution in [1.29, 1.82) is 0 Å². The number of aryl methyl sites for hydroxylation is 1. The van der Waals surface area contributed by atoms with Gasteiger partial charge in [0.1, 0.15) is 0 Å². The van der Waals surface area contributed by atoms with Gasteiger partial charge >= 0.3 is 0 Å². The molecule has 0 unspecified atom stereocenters. The zero-order valence-corrected chi connectivity index (χ0v) is 12.8. The molecule has 1 rings (SSSR count). The maximum Gasteiger partial charge on any atom is 0.193 e. The summed E-state index contributed by atoms with van der Waals surface area (Å²) in [4.78, 5) is 6.46. The van der Waals surface area contributed by atoms with Crippen LogP contribution in [0.2, 0.25) is 0 Å². The number of nitrogens with one attached hydrogen (secondary N) is 1. The van der Waals surface area contributed by atoms with Crippen molar-refractivity contribution in [1.82, 2.24) is 20.0 Å². The van der Waals surface area contributed by atoms with E-state index in [0.29, 0.717) is 5.92 Å². The molecular weight excluding hydrogens is 238 g/mol. The Kier molecular flexibility index (Phi) is 6.39. The third-order valence-corrected chi connectivity index (χ3v) is 3.46. The van der Waals surface area contributed by atoms with Crippen molar-refractivity contribution < 1.29 is 0 Å². The summed E-state index contributed by atoms with van der Waals surface area (Å²) in [6, 6.07) is 0. The molecule has 0 fully saturated rings. The third-order valence-electron chi connectivity index (χ3n) is 3.46. The standard InChI is InChI=1S/C14H27N5/c1-6-12(7-2)8-16-14(15-3)18(4)10-13-9-17-19(5)11-13/h9,11-12H,6-8,10H2,1-5H3,(H,15,16). The number of guanidine groups is 1. The van der Waals surface area contributed by atoms with Crippen LogP contribution in [0.3, 0.4) is 0 Å². The molecule has 0 aliphatic heterocycles. The van der Waals surface area contributed by atoms with E-state index >= 15 is 0 Å². The van der Waals surface area contributed by atoms with E-state index in [1.54, 1.807) is 0 Å². The van der Waals surface area contributed by atoms with Crippen molar-refractivity contribution in [2.75, 3.05) is 20.6 Å². The van der Waals surface area contributed by atoms with Gasteiger partial charge in [-0.2, -0.15) is 5.10 Å². The maximum absolute atomic E-state index is 4.34. The van der Waals surface area contributed by atoms with E-state index in [1.165, 1.54) is 18.4 Å². The predicted octanol–water partition coefficient (Wildman–Crippen LogP) is 1.86. The van der Waals surface area contributed by atoms with E-state index in [2.05, 4.69) is 41.2 Å². The fourth-order valence-electron chi connectivity index (χ4n) is 2.10. The van der Waals surface area contributed by atoms with Crippen molar-refractivity contribution in [3.05, 3.63) is 18.0 Å². The Bertz CT molecular complexity index is 392. The molecule has 0 spiro atoms. The maximum atomic E-state index is 4.34. The molecule has 0 atom stereocenters. The number of rotatable bonds is 6. The van der Waals surface area contributed by atoms with E-state index in [-0.39, 0.29) is 0 Å². The second-order valence-electron chi connectivity index (χ2n) is 4.99. The van der Waals surface area contributed by atoms with Crippen LogP contribution in [0.15, 0.2) is 17.4 Å². The molecule has 5 nitrogen and oxygen atoms in total. The molecule has 0 bridgehead atoms. The molecule has 0 radical (unpaired) electrons. The lowest BCUT2D eigenvalue weighted by atomic mass is 10.0. The van der Waals surface area contributed by atoms with Crippen LogP contribution in [-0.2, 0) is 13.6 Å². The van der Waals surface area contributed by atoms with Gasteiger partial charge in [0.25, 0.3) is 0 Å². The van der Waals surface area contributed by atoms with Gasteiger partial charge in [-0.3, -0.25) is 9.67 Å². The third kappa shape index (κ3) is 4.93. The van der Waals surface area contributed by atoms with Gasteiger partial charge in [0.2, 0.25) is 0 Å². The SMILES string of the molecule is CCC(CC)CNC(=NC)N(C)Cc1cnn(C)c1. The molecule has 1 aromatic rings. The highest BCUT2D eigenvalue weighted by Crippen LogP contribution is 2.06. The van der Waals surface area contributed by atoms with Gasteiger partial charge in [0.15, 0.2) is 5.96 Å². The second kappa shape index (κ2) is 7.81. The lowest BCUT2D eigenvalue weighted by Gasteiger charge is -2.23. The van der Waals surface area contributed by atoms with Crippen molar-refractivity contribution in [3.63, 3.8) is 0 Å². The minimum Gasteiger partial charge on any atom is -0.356 e. The van der Waals surface area contributed by atoms with Gasteiger partial charge in [0.05, 0.1) is 6.20 Å². The molecule has 0 saturated heterocycles. The molecule has 1 N–H and O–H groups in total. The number of aromatic nitrogens is 2. The van der Waals surface area contributed by atoms with Crippen LogP contribution in [0.5, 0.6) is 0 Å². The lowest BCUT2D eigenvalue weighted by molar-refractivity contribution is 0.440. The summed E-state index contributed by atoms with van der Waals surface area (Å²) < 4.78 is 1.82. The Morgan fingerprint density at radius 2 is 2.16 bits per heavy atom. The number of nitrogens with zero attached hydrogens (tertiary/aromatic N) is 4. The molecule has 0 aromatic carbocycles. The van der Waals surface area contributed by atoms with Gasteiger partial charge in [0, 0.05) is 46.0 Å². The number of hydrogen-bond acceptors (Lipinski definition) is 2. The monoisotopic (exact) mass is 265 g/mol. The molecule has 19 heavy (non-hydrogen) atoms. The molecule has 0 aliphatic rings. The number of hydrogen-bond donors (Lipinski definition) is 1. The molecule has 0 aliphatic carbocycles. The minimum absolute atomic E-state index is 0.712. The highest BCUT2D eigenvalue weighted by molar-refractivity contribution is 5.79. The first-order valence-electron chi connectivity index (χ1n) is 6.99. The van der Waals surface area contributed by atoms with E-state index in [9.17, 15) is 0 Å². The first-order chi connectivity index (χ1) is 9.10. The van der Waals surface area contributed by atoms with Crippen LogP contribution >= 0.6 is 0 Å². The first-order valence-corrected chi connectivity index (χ1v) is 6.99. The van der Waals surface area contributed by atoms with Crippen molar-refractivity contribution >= 4 is 5.96 Å². The Hall–Kier alpha value is -1.52. The van der Waals surface area contributed by atoms with E-state index < -0.39 is 0 Å². The second-order valence-corrected chi connectivity index (χ2v) is 4.99. The highest BCUT2D eigenvalue weighted by atomic mass is 15.3. The zero-order chi connectivity index (χ0) is 14.3. The summed E-state index contributed by atoms with van der Waals surface area (Å²) in [6.45, 7) is 6.27. The van der Waals surface area contributed by atoms with Crippen LogP contribution in [-0.4, -0.2) is 41.3 Å². The first kappa shape index (κ1) is 15.5. The van der Waals surface area contributed by atoms with Crippen LogP contribution in [0.4, 0.5) is 0 Å². The van der Waals surface area contributed by atoms with Crippen LogP contribution in [0.1, 0.15) is 32.3 Å². The molecule has 5 heteroatoms. The summed E-state index contributed by atoms with van der Waals surface area (Å²) in [5, 5.41) is 7.63. The Morgan fingerprint density at radius 1 is 1.47 bits per heavy atom. The van der Waals surface area contributed by atoms with Crippen LogP contribution in [0, 0.1) is 5.92 Å². The lowest BCUT2D eigenvalue weighted by Crippen LogP contribution is -2.40. The van der Waals surface area contributed by atoms with Gasteiger partial charge in [-0.1, -0.05) is 26.7 Å². The predicted molar refractivity (Wildman–Crippen MR) is 80.1 cm³/mol. The minimum atomic E-state index is 0.712. The normalized spacial score (nSPS) is 12.0.